The van der Waals surface area contributed by atoms with Gasteiger partial charge in [-0.05, 0) is 81.4 Å². The van der Waals surface area contributed by atoms with Crippen molar-refractivity contribution in [1.82, 2.24) is 24.8 Å². The second-order valence-electron chi connectivity index (χ2n) is 12.6. The topological polar surface area (TPSA) is 115 Å². The van der Waals surface area contributed by atoms with Gasteiger partial charge in [-0.15, -0.1) is 0 Å². The maximum Gasteiger partial charge on any atom is 0.303 e. The van der Waals surface area contributed by atoms with Crippen molar-refractivity contribution < 1.29 is 19.7 Å². The SMILES string of the molecule is C[C@]1(O)C[C@H](N2CCN(c3ncc(Oc4cc(CN5CCC(CC(=O)O)CC5)cc(-c5cc(Cl)cc(Cl)c5)n4)cn3)CC2)C1. The zero-order valence-corrected chi connectivity index (χ0v) is 26.3. The van der Waals surface area contributed by atoms with Gasteiger partial charge in [0, 0.05) is 66.9 Å². The molecule has 2 aromatic heterocycles. The molecule has 1 aliphatic carbocycles. The molecule has 12 heteroatoms. The first kappa shape index (κ1) is 31.0. The molecule has 1 saturated carbocycles. The van der Waals surface area contributed by atoms with Crippen LogP contribution < -0.4 is 9.64 Å². The van der Waals surface area contributed by atoms with Crippen molar-refractivity contribution in [1.29, 1.82) is 0 Å². The fraction of sp³-hybridized carbons (Fsp3) is 0.500. The van der Waals surface area contributed by atoms with Crippen LogP contribution in [-0.4, -0.2) is 91.8 Å². The van der Waals surface area contributed by atoms with Crippen LogP contribution in [0.5, 0.6) is 11.6 Å². The summed E-state index contributed by atoms with van der Waals surface area (Å²) >= 11 is 12.6. The molecule has 1 aromatic carbocycles. The van der Waals surface area contributed by atoms with Gasteiger partial charge >= 0.3 is 5.97 Å². The fourth-order valence-electron chi connectivity index (χ4n) is 6.55. The van der Waals surface area contributed by atoms with E-state index in [1.54, 1.807) is 18.5 Å². The number of aliphatic carboxylic acids is 1. The molecule has 4 heterocycles. The third-order valence-corrected chi connectivity index (χ3v) is 9.33. The lowest BCUT2D eigenvalue weighted by Gasteiger charge is -2.49. The highest BCUT2D eigenvalue weighted by Gasteiger charge is 2.42. The van der Waals surface area contributed by atoms with Gasteiger partial charge in [0.05, 0.1) is 23.7 Å². The molecule has 6 rings (SSSR count). The van der Waals surface area contributed by atoms with Gasteiger partial charge in [0.1, 0.15) is 0 Å². The number of halogens is 2. The van der Waals surface area contributed by atoms with E-state index in [1.807, 2.05) is 31.2 Å². The van der Waals surface area contributed by atoms with Gasteiger partial charge in [0.25, 0.3) is 0 Å². The molecule has 0 bridgehead atoms. The van der Waals surface area contributed by atoms with Gasteiger partial charge in [-0.1, -0.05) is 23.2 Å². The normalized spacial score (nSPS) is 23.4. The van der Waals surface area contributed by atoms with Gasteiger partial charge in [-0.2, -0.15) is 0 Å². The Balaban J connectivity index is 1.14. The maximum absolute atomic E-state index is 11.1. The highest BCUT2D eigenvalue weighted by Crippen LogP contribution is 2.36. The van der Waals surface area contributed by atoms with Crippen LogP contribution in [0.25, 0.3) is 11.3 Å². The molecule has 0 amide bonds. The molecular formula is C32H38Cl2N6O4. The number of carbonyl (C=O) groups is 1. The number of aromatic nitrogens is 3. The molecule has 0 radical (unpaired) electrons. The number of carboxylic acids is 1. The molecule has 3 fully saturated rings. The Kier molecular flexibility index (Phi) is 9.26. The van der Waals surface area contributed by atoms with E-state index in [-0.39, 0.29) is 12.3 Å². The van der Waals surface area contributed by atoms with Gasteiger partial charge in [-0.3, -0.25) is 14.6 Å². The van der Waals surface area contributed by atoms with Crippen LogP contribution in [0.3, 0.4) is 0 Å². The molecule has 0 unspecified atom stereocenters. The fourth-order valence-corrected chi connectivity index (χ4v) is 7.08. The Bertz CT molecular complexity index is 1450. The number of benzene rings is 1. The Hall–Kier alpha value is -3.02. The molecule has 2 aliphatic heterocycles. The van der Waals surface area contributed by atoms with Crippen LogP contribution in [0.2, 0.25) is 10.0 Å². The zero-order valence-electron chi connectivity index (χ0n) is 24.8. The minimum atomic E-state index is -0.733. The number of aliphatic hydroxyl groups is 1. The van der Waals surface area contributed by atoms with Crippen molar-refractivity contribution in [2.75, 3.05) is 44.2 Å². The summed E-state index contributed by atoms with van der Waals surface area (Å²) in [5.74, 6) is 1.05. The van der Waals surface area contributed by atoms with E-state index in [4.69, 9.17) is 38.0 Å². The number of hydrogen-bond acceptors (Lipinski definition) is 9. The van der Waals surface area contributed by atoms with E-state index in [0.717, 1.165) is 76.1 Å². The smallest absolute Gasteiger partial charge is 0.303 e. The first-order valence-electron chi connectivity index (χ1n) is 15.2. The van der Waals surface area contributed by atoms with Gasteiger partial charge in [-0.25, -0.2) is 15.0 Å². The number of likely N-dealkylation sites (tertiary alicyclic amines) is 1. The number of anilines is 1. The summed E-state index contributed by atoms with van der Waals surface area (Å²) in [6.07, 6.45) is 6.97. The summed E-state index contributed by atoms with van der Waals surface area (Å²) in [6.45, 7) is 7.77. The Morgan fingerprint density at radius 3 is 2.25 bits per heavy atom. The number of piperidine rings is 1. The number of pyridine rings is 1. The lowest BCUT2D eigenvalue weighted by molar-refractivity contribution is -0.138. The monoisotopic (exact) mass is 640 g/mol. The van der Waals surface area contributed by atoms with Gasteiger partial charge < -0.3 is 19.8 Å². The number of ether oxygens (including phenoxy) is 1. The Morgan fingerprint density at radius 1 is 0.977 bits per heavy atom. The predicted molar refractivity (Wildman–Crippen MR) is 169 cm³/mol. The minimum Gasteiger partial charge on any atom is -0.481 e. The van der Waals surface area contributed by atoms with Crippen LogP contribution in [0.4, 0.5) is 5.95 Å². The zero-order chi connectivity index (χ0) is 30.8. The number of rotatable bonds is 9. The summed E-state index contributed by atoms with van der Waals surface area (Å²) in [6, 6.07) is 9.73. The van der Waals surface area contributed by atoms with Crippen molar-refractivity contribution in [2.45, 2.75) is 57.2 Å². The summed E-state index contributed by atoms with van der Waals surface area (Å²) < 4.78 is 6.19. The molecule has 2 saturated heterocycles. The summed E-state index contributed by atoms with van der Waals surface area (Å²) in [5.41, 5.74) is 1.97. The highest BCUT2D eigenvalue weighted by molar-refractivity contribution is 6.35. The number of hydrogen-bond donors (Lipinski definition) is 2. The number of piperazine rings is 1. The lowest BCUT2D eigenvalue weighted by Crippen LogP contribution is -2.58. The predicted octanol–water partition coefficient (Wildman–Crippen LogP) is 5.36. The molecule has 2 N–H and O–H groups in total. The first-order chi connectivity index (χ1) is 21.1. The Morgan fingerprint density at radius 2 is 1.64 bits per heavy atom. The van der Waals surface area contributed by atoms with Gasteiger partial charge in [0.15, 0.2) is 5.75 Å². The molecule has 0 spiro atoms. The van der Waals surface area contributed by atoms with E-state index in [2.05, 4.69) is 24.7 Å². The first-order valence-corrected chi connectivity index (χ1v) is 16.0. The molecule has 10 nitrogen and oxygen atoms in total. The number of carboxylic acid groups (broad SMARTS) is 1. The van der Waals surface area contributed by atoms with Crippen molar-refractivity contribution in [3.8, 4) is 22.9 Å². The Labute approximate surface area is 267 Å². The maximum atomic E-state index is 11.1. The molecule has 3 aromatic rings. The third-order valence-electron chi connectivity index (χ3n) is 8.90. The van der Waals surface area contributed by atoms with Crippen LogP contribution in [0.15, 0.2) is 42.7 Å². The molecule has 44 heavy (non-hydrogen) atoms. The van der Waals surface area contributed by atoms with E-state index in [0.29, 0.717) is 45.9 Å². The van der Waals surface area contributed by atoms with Crippen molar-refractivity contribution in [2.24, 2.45) is 5.92 Å². The van der Waals surface area contributed by atoms with Crippen LogP contribution in [0.1, 0.15) is 44.6 Å². The van der Waals surface area contributed by atoms with E-state index >= 15 is 0 Å². The molecular weight excluding hydrogens is 603 g/mol. The summed E-state index contributed by atoms with van der Waals surface area (Å²) in [5, 5.41) is 20.3. The van der Waals surface area contributed by atoms with Crippen molar-refractivity contribution in [3.05, 3.63) is 58.3 Å². The molecule has 234 valence electrons. The average Bonchev–Trinajstić information content (AvgIpc) is 2.97. The summed E-state index contributed by atoms with van der Waals surface area (Å²) in [7, 11) is 0. The summed E-state index contributed by atoms with van der Waals surface area (Å²) in [4.78, 5) is 32.0. The van der Waals surface area contributed by atoms with Crippen LogP contribution in [-0.2, 0) is 11.3 Å². The standard InChI is InChI=1S/C32H38Cl2N6O4/c1-32(43)16-26(17-32)39-6-8-40(9-7-39)31-35-18-27(19-36-31)44-29-11-22(20-38-4-2-21(3-5-38)12-30(41)42)10-28(37-29)23-13-24(33)15-25(34)14-23/h10-11,13-15,18-19,21,26,43H,2-9,12,16-17,20H2,1H3,(H,41,42)/t26-,32-. The lowest BCUT2D eigenvalue weighted by atomic mass is 9.76. The van der Waals surface area contributed by atoms with Crippen molar-refractivity contribution >= 4 is 35.1 Å². The van der Waals surface area contributed by atoms with E-state index in [1.165, 1.54) is 0 Å². The average molecular weight is 642 g/mol. The van der Waals surface area contributed by atoms with Crippen molar-refractivity contribution in [3.63, 3.8) is 0 Å². The quantitative estimate of drug-likeness (QED) is 0.317. The van der Waals surface area contributed by atoms with Crippen LogP contribution >= 0.6 is 23.2 Å². The van der Waals surface area contributed by atoms with Crippen LogP contribution in [0, 0.1) is 5.92 Å². The molecule has 3 aliphatic rings. The third kappa shape index (κ3) is 7.79. The largest absolute Gasteiger partial charge is 0.481 e. The minimum absolute atomic E-state index is 0.219. The second-order valence-corrected chi connectivity index (χ2v) is 13.5. The molecule has 0 atom stereocenters. The van der Waals surface area contributed by atoms with E-state index in [9.17, 15) is 9.90 Å². The second kappa shape index (κ2) is 13.1. The number of nitrogens with zero attached hydrogens (tertiary/aromatic N) is 6. The highest BCUT2D eigenvalue weighted by atomic mass is 35.5. The van der Waals surface area contributed by atoms with E-state index < -0.39 is 11.6 Å². The van der Waals surface area contributed by atoms with Gasteiger partial charge in [0.2, 0.25) is 11.8 Å².